The van der Waals surface area contributed by atoms with Crippen molar-refractivity contribution in [1.82, 2.24) is 4.31 Å². The topological polar surface area (TPSA) is 74.7 Å². The van der Waals surface area contributed by atoms with E-state index < -0.39 is 21.9 Å². The van der Waals surface area contributed by atoms with Gasteiger partial charge in [-0.1, -0.05) is 31.4 Å². The van der Waals surface area contributed by atoms with E-state index in [9.17, 15) is 13.2 Å². The molecule has 5 nitrogen and oxygen atoms in total. The molecule has 0 spiro atoms. The Labute approximate surface area is 143 Å². The lowest BCUT2D eigenvalue weighted by molar-refractivity contribution is -0.142. The second kappa shape index (κ2) is 7.23. The molecule has 0 bridgehead atoms. The quantitative estimate of drug-likeness (QED) is 0.904. The summed E-state index contributed by atoms with van der Waals surface area (Å²) < 4.78 is 26.9. The maximum absolute atomic E-state index is 12.7. The Morgan fingerprint density at radius 2 is 1.54 bits per heavy atom. The number of hydrogen-bond acceptors (Lipinski definition) is 3. The molecule has 3 rings (SSSR count). The maximum Gasteiger partial charge on any atom is 0.306 e. The number of benzene rings is 1. The van der Waals surface area contributed by atoms with Crippen molar-refractivity contribution in [2.75, 3.05) is 13.1 Å². The van der Waals surface area contributed by atoms with E-state index in [1.54, 1.807) is 12.1 Å². The fourth-order valence-electron chi connectivity index (χ4n) is 3.84. The Balaban J connectivity index is 1.69. The summed E-state index contributed by atoms with van der Waals surface area (Å²) >= 11 is 0. The zero-order valence-corrected chi connectivity index (χ0v) is 14.7. The van der Waals surface area contributed by atoms with Crippen LogP contribution >= 0.6 is 0 Å². The van der Waals surface area contributed by atoms with Crippen LogP contribution in [0.4, 0.5) is 0 Å². The third kappa shape index (κ3) is 3.64. The third-order valence-corrected chi connectivity index (χ3v) is 7.31. The summed E-state index contributed by atoms with van der Waals surface area (Å²) in [5.74, 6) is -0.698. The maximum atomic E-state index is 12.7. The summed E-state index contributed by atoms with van der Waals surface area (Å²) in [6.45, 7) is 0.563. The average Bonchev–Trinajstić information content (AvgIpc) is 2.62. The van der Waals surface area contributed by atoms with Gasteiger partial charge in [0.05, 0.1) is 10.8 Å². The molecule has 1 heterocycles. The highest BCUT2D eigenvalue weighted by Gasteiger charge is 2.32. The van der Waals surface area contributed by atoms with E-state index in [1.165, 1.54) is 42.0 Å². The molecule has 6 heteroatoms. The summed E-state index contributed by atoms with van der Waals surface area (Å²) in [6.07, 6.45) is 6.95. The monoisotopic (exact) mass is 351 g/mol. The van der Waals surface area contributed by atoms with Gasteiger partial charge in [0, 0.05) is 13.1 Å². The zero-order valence-electron chi connectivity index (χ0n) is 13.9. The molecule has 0 aromatic heterocycles. The fourth-order valence-corrected chi connectivity index (χ4v) is 5.31. The smallest absolute Gasteiger partial charge is 0.306 e. The minimum atomic E-state index is -3.52. The van der Waals surface area contributed by atoms with Crippen LogP contribution in [0, 0.1) is 5.92 Å². The normalized spacial score (nSPS) is 21.7. The lowest BCUT2D eigenvalue weighted by atomic mass is 9.84. The SMILES string of the molecule is O=C(O)C1CCN(S(=O)(=O)c2ccc(C3CCCCC3)cc2)CC1. The molecule has 1 aromatic rings. The largest absolute Gasteiger partial charge is 0.481 e. The lowest BCUT2D eigenvalue weighted by Gasteiger charge is -2.29. The van der Waals surface area contributed by atoms with Gasteiger partial charge < -0.3 is 5.11 Å². The van der Waals surface area contributed by atoms with Crippen LogP contribution in [0.5, 0.6) is 0 Å². The van der Waals surface area contributed by atoms with Crippen LogP contribution < -0.4 is 0 Å². The molecular weight excluding hydrogens is 326 g/mol. The van der Waals surface area contributed by atoms with Crippen LogP contribution in [0.25, 0.3) is 0 Å². The van der Waals surface area contributed by atoms with E-state index in [2.05, 4.69) is 0 Å². The Bertz CT molecular complexity index is 669. The molecular formula is C18H25NO4S. The molecule has 0 radical (unpaired) electrons. The molecule has 0 unspecified atom stereocenters. The van der Waals surface area contributed by atoms with Crippen LogP contribution in [-0.2, 0) is 14.8 Å². The van der Waals surface area contributed by atoms with Gasteiger partial charge in [0.25, 0.3) is 0 Å². The Hall–Kier alpha value is -1.40. The van der Waals surface area contributed by atoms with Crippen molar-refractivity contribution in [3.63, 3.8) is 0 Å². The summed E-state index contributed by atoms with van der Waals surface area (Å²) in [6, 6.07) is 7.32. The highest BCUT2D eigenvalue weighted by atomic mass is 32.2. The van der Waals surface area contributed by atoms with Crippen molar-refractivity contribution in [2.24, 2.45) is 5.92 Å². The van der Waals surface area contributed by atoms with Crippen molar-refractivity contribution in [2.45, 2.75) is 55.8 Å². The van der Waals surface area contributed by atoms with Gasteiger partial charge in [0.15, 0.2) is 0 Å². The van der Waals surface area contributed by atoms with Crippen LogP contribution in [0.2, 0.25) is 0 Å². The van der Waals surface area contributed by atoms with Gasteiger partial charge in [-0.2, -0.15) is 4.31 Å². The zero-order chi connectivity index (χ0) is 17.2. The van der Waals surface area contributed by atoms with E-state index in [-0.39, 0.29) is 13.1 Å². The van der Waals surface area contributed by atoms with Crippen molar-refractivity contribution in [1.29, 1.82) is 0 Å². The van der Waals surface area contributed by atoms with Gasteiger partial charge in [-0.3, -0.25) is 4.79 Å². The number of nitrogens with zero attached hydrogens (tertiary/aromatic N) is 1. The Kier molecular flexibility index (Phi) is 5.25. The highest BCUT2D eigenvalue weighted by Crippen LogP contribution is 2.33. The van der Waals surface area contributed by atoms with E-state index in [0.29, 0.717) is 23.7 Å². The van der Waals surface area contributed by atoms with Gasteiger partial charge >= 0.3 is 5.97 Å². The summed E-state index contributed by atoms with van der Waals surface area (Å²) in [4.78, 5) is 11.3. The van der Waals surface area contributed by atoms with Crippen molar-refractivity contribution in [3.05, 3.63) is 29.8 Å². The summed E-state index contributed by atoms with van der Waals surface area (Å²) in [5.41, 5.74) is 1.23. The molecule has 0 atom stereocenters. The number of aliphatic carboxylic acids is 1. The summed E-state index contributed by atoms with van der Waals surface area (Å²) in [5, 5.41) is 9.03. The number of carbonyl (C=O) groups is 1. The van der Waals surface area contributed by atoms with Gasteiger partial charge in [-0.15, -0.1) is 0 Å². The molecule has 2 aliphatic rings. The average molecular weight is 351 g/mol. The van der Waals surface area contributed by atoms with Crippen LogP contribution in [-0.4, -0.2) is 36.9 Å². The molecule has 1 saturated carbocycles. The molecule has 2 fully saturated rings. The predicted molar refractivity (Wildman–Crippen MR) is 91.4 cm³/mol. The van der Waals surface area contributed by atoms with Gasteiger partial charge in [-0.25, -0.2) is 8.42 Å². The molecule has 132 valence electrons. The van der Waals surface area contributed by atoms with Crippen LogP contribution in [0.1, 0.15) is 56.4 Å². The van der Waals surface area contributed by atoms with E-state index >= 15 is 0 Å². The van der Waals surface area contributed by atoms with Crippen molar-refractivity contribution < 1.29 is 18.3 Å². The number of carboxylic acids is 1. The molecule has 1 saturated heterocycles. The molecule has 1 aliphatic carbocycles. The highest BCUT2D eigenvalue weighted by molar-refractivity contribution is 7.89. The van der Waals surface area contributed by atoms with Crippen LogP contribution in [0.3, 0.4) is 0 Å². The second-order valence-corrected chi connectivity index (χ2v) is 8.86. The number of sulfonamides is 1. The van der Waals surface area contributed by atoms with Gasteiger partial charge in [0.2, 0.25) is 10.0 Å². The minimum Gasteiger partial charge on any atom is -0.481 e. The first-order valence-electron chi connectivity index (χ1n) is 8.81. The van der Waals surface area contributed by atoms with Gasteiger partial charge in [0.1, 0.15) is 0 Å². The standard InChI is InChI=1S/C18H25NO4S/c20-18(21)16-10-12-19(13-11-16)24(22,23)17-8-6-15(7-9-17)14-4-2-1-3-5-14/h6-9,14,16H,1-5,10-13H2,(H,20,21). The lowest BCUT2D eigenvalue weighted by Crippen LogP contribution is -2.40. The molecule has 1 aromatic carbocycles. The number of hydrogen-bond donors (Lipinski definition) is 1. The molecule has 1 aliphatic heterocycles. The second-order valence-electron chi connectivity index (χ2n) is 6.92. The van der Waals surface area contributed by atoms with E-state index in [0.717, 1.165) is 0 Å². The first-order chi connectivity index (χ1) is 11.5. The van der Waals surface area contributed by atoms with Gasteiger partial charge in [-0.05, 0) is 49.3 Å². The molecule has 1 N–H and O–H groups in total. The number of rotatable bonds is 4. The third-order valence-electron chi connectivity index (χ3n) is 5.40. The first kappa shape index (κ1) is 17.4. The van der Waals surface area contributed by atoms with Crippen molar-refractivity contribution in [3.8, 4) is 0 Å². The predicted octanol–water partition coefficient (Wildman–Crippen LogP) is 3.22. The van der Waals surface area contributed by atoms with E-state index in [4.69, 9.17) is 5.11 Å². The summed E-state index contributed by atoms with van der Waals surface area (Å²) in [7, 11) is -3.52. The first-order valence-corrected chi connectivity index (χ1v) is 10.3. The Morgan fingerprint density at radius 3 is 2.08 bits per heavy atom. The van der Waals surface area contributed by atoms with Crippen LogP contribution in [0.15, 0.2) is 29.2 Å². The number of carboxylic acid groups (broad SMARTS) is 1. The molecule has 24 heavy (non-hydrogen) atoms. The fraction of sp³-hybridized carbons (Fsp3) is 0.611. The minimum absolute atomic E-state index is 0.281. The van der Waals surface area contributed by atoms with Crippen molar-refractivity contribution >= 4 is 16.0 Å². The van der Waals surface area contributed by atoms with E-state index in [1.807, 2.05) is 12.1 Å². The number of piperidine rings is 1. The molecule has 0 amide bonds. The Morgan fingerprint density at radius 1 is 0.958 bits per heavy atom.